The lowest BCUT2D eigenvalue weighted by Crippen LogP contribution is -2.02. The monoisotopic (exact) mass is 210 g/mol. The van der Waals surface area contributed by atoms with Crippen molar-refractivity contribution < 1.29 is 9.90 Å². The van der Waals surface area contributed by atoms with Gasteiger partial charge in [0, 0.05) is 0 Å². The molecule has 0 bridgehead atoms. The van der Waals surface area contributed by atoms with Gasteiger partial charge in [-0.05, 0) is 17.4 Å². The Bertz CT molecular complexity index is 241. The van der Waals surface area contributed by atoms with Crippen LogP contribution in [0.25, 0.3) is 0 Å². The third-order valence-electron chi connectivity index (χ3n) is 2.48. The fourth-order valence-electron chi connectivity index (χ4n) is 1.60. The van der Waals surface area contributed by atoms with Gasteiger partial charge in [-0.15, -0.1) is 0 Å². The van der Waals surface area contributed by atoms with Crippen molar-refractivity contribution in [2.45, 2.75) is 13.8 Å². The fraction of sp³-hybridized carbons (Fsp3) is 0.625. The number of carbonyl (C=O) groups is 1. The highest BCUT2D eigenvalue weighted by atomic mass is 35.5. The first-order valence-electron chi connectivity index (χ1n) is 3.63. The van der Waals surface area contributed by atoms with Crippen LogP contribution in [0.3, 0.4) is 0 Å². The molecule has 0 aromatic carbocycles. The molecule has 1 rings (SSSR count). The van der Waals surface area contributed by atoms with Crippen LogP contribution in [0.5, 0.6) is 0 Å². The number of allylic oxidation sites excluding steroid dienone is 1. The van der Waals surface area contributed by atoms with Crippen LogP contribution >= 0.6 is 23.2 Å². The van der Waals surface area contributed by atoms with Gasteiger partial charge in [0.1, 0.15) is 4.49 Å². The second-order valence-electron chi connectivity index (χ2n) is 3.62. The number of hydrogen-bond donors (Lipinski definition) is 1. The van der Waals surface area contributed by atoms with E-state index in [9.17, 15) is 4.79 Å². The van der Waals surface area contributed by atoms with Crippen molar-refractivity contribution in [2.24, 2.45) is 17.3 Å². The fourth-order valence-corrected chi connectivity index (χ4v) is 1.87. The molecule has 0 aromatic rings. The minimum absolute atomic E-state index is 0.0278. The van der Waals surface area contributed by atoms with Gasteiger partial charge in [0.15, 0.2) is 0 Å². The first kappa shape index (κ1) is 9.87. The summed E-state index contributed by atoms with van der Waals surface area (Å²) in [6.45, 7) is 3.79. The van der Waals surface area contributed by atoms with Crippen molar-refractivity contribution in [1.29, 1.82) is 0 Å². The molecule has 1 aliphatic carbocycles. The number of aliphatic carboxylic acids is 1. The summed E-state index contributed by atoms with van der Waals surface area (Å²) in [5, 5.41) is 8.76. The van der Waals surface area contributed by atoms with Crippen LogP contribution in [0.15, 0.2) is 10.6 Å². The quantitative estimate of drug-likeness (QED) is 0.762. The SMILES string of the molecule is CC1(C)C(C=C(Cl)Cl)[14CH]1C(=O)O. The molecule has 0 saturated heterocycles. The van der Waals surface area contributed by atoms with Gasteiger partial charge in [0.25, 0.3) is 0 Å². The topological polar surface area (TPSA) is 37.3 Å². The lowest BCUT2D eigenvalue weighted by molar-refractivity contribution is -0.139. The molecular formula is C8H10Cl2O2. The summed E-state index contributed by atoms with van der Waals surface area (Å²) in [5.41, 5.74) is -0.207. The summed E-state index contributed by atoms with van der Waals surface area (Å²) >= 11 is 10.9. The number of hydrogen-bond acceptors (Lipinski definition) is 1. The molecule has 68 valence electrons. The first-order valence-corrected chi connectivity index (χ1v) is 4.38. The third-order valence-corrected chi connectivity index (χ3v) is 2.73. The number of carboxylic acids is 1. The van der Waals surface area contributed by atoms with E-state index in [1.807, 2.05) is 13.8 Å². The average molecular weight is 211 g/mol. The van der Waals surface area contributed by atoms with Gasteiger partial charge < -0.3 is 5.11 Å². The van der Waals surface area contributed by atoms with Gasteiger partial charge in [-0.1, -0.05) is 37.0 Å². The molecule has 4 heteroatoms. The van der Waals surface area contributed by atoms with E-state index in [1.54, 1.807) is 6.08 Å². The van der Waals surface area contributed by atoms with Crippen LogP contribution in [-0.4, -0.2) is 11.1 Å². The Kier molecular flexibility index (Phi) is 2.41. The van der Waals surface area contributed by atoms with E-state index >= 15 is 0 Å². The number of halogens is 2. The first-order chi connectivity index (χ1) is 5.37. The predicted molar refractivity (Wildman–Crippen MR) is 48.2 cm³/mol. The van der Waals surface area contributed by atoms with Crippen molar-refractivity contribution in [2.75, 3.05) is 0 Å². The van der Waals surface area contributed by atoms with E-state index in [2.05, 4.69) is 0 Å². The molecule has 0 amide bonds. The zero-order valence-corrected chi connectivity index (χ0v) is 8.36. The molecular weight excluding hydrogens is 201 g/mol. The summed E-state index contributed by atoms with van der Waals surface area (Å²) in [5.74, 6) is -1.15. The highest BCUT2D eigenvalue weighted by molar-refractivity contribution is 6.55. The maximum atomic E-state index is 10.7. The van der Waals surface area contributed by atoms with Gasteiger partial charge in [-0.2, -0.15) is 0 Å². The van der Waals surface area contributed by atoms with E-state index in [0.717, 1.165) is 0 Å². The van der Waals surface area contributed by atoms with Crippen LogP contribution in [-0.2, 0) is 4.79 Å². The highest BCUT2D eigenvalue weighted by Crippen LogP contribution is 2.59. The molecule has 2 atom stereocenters. The predicted octanol–water partition coefficient (Wildman–Crippen LogP) is 2.66. The highest BCUT2D eigenvalue weighted by Gasteiger charge is 2.60. The van der Waals surface area contributed by atoms with Crippen LogP contribution in [0, 0.1) is 17.3 Å². The second kappa shape index (κ2) is 2.93. The van der Waals surface area contributed by atoms with Gasteiger partial charge in [0.2, 0.25) is 0 Å². The minimum atomic E-state index is -0.782. The summed E-state index contributed by atoms with van der Waals surface area (Å²) in [7, 11) is 0. The lowest BCUT2D eigenvalue weighted by atomic mass is 10.1. The van der Waals surface area contributed by atoms with Crippen molar-refractivity contribution >= 4 is 29.2 Å². The molecule has 0 radical (unpaired) electrons. The summed E-state index contributed by atoms with van der Waals surface area (Å²) in [6, 6.07) is 0. The average Bonchev–Trinajstić information content (AvgIpc) is 2.32. The smallest absolute Gasteiger partial charge is 0.307 e. The standard InChI is InChI=1S/C8H10Cl2O2/c1-8(2)4(3-5(9)10)6(8)7(11)12/h3-4,6H,1-2H3,(H,11,12)/i6+2. The molecule has 1 N–H and O–H groups in total. The Hall–Kier alpha value is -0.210. The van der Waals surface area contributed by atoms with Gasteiger partial charge >= 0.3 is 5.97 Å². The Balaban J connectivity index is 2.73. The maximum Gasteiger partial charge on any atom is 0.307 e. The zero-order valence-electron chi connectivity index (χ0n) is 6.84. The van der Waals surface area contributed by atoms with Crippen LogP contribution in [0.1, 0.15) is 13.8 Å². The van der Waals surface area contributed by atoms with Crippen molar-refractivity contribution in [3.8, 4) is 0 Å². The molecule has 2 unspecified atom stereocenters. The molecule has 0 aliphatic heterocycles. The van der Waals surface area contributed by atoms with Gasteiger partial charge in [0.05, 0.1) is 5.92 Å². The molecule has 0 heterocycles. The Labute approximate surface area is 81.2 Å². The summed E-state index contributed by atoms with van der Waals surface area (Å²) < 4.78 is 0.150. The van der Waals surface area contributed by atoms with Crippen LogP contribution in [0.4, 0.5) is 0 Å². The second-order valence-corrected chi connectivity index (χ2v) is 4.63. The van der Waals surface area contributed by atoms with Gasteiger partial charge in [-0.3, -0.25) is 4.79 Å². The van der Waals surface area contributed by atoms with Crippen molar-refractivity contribution in [1.82, 2.24) is 0 Å². The van der Waals surface area contributed by atoms with Crippen molar-refractivity contribution in [3.05, 3.63) is 10.6 Å². The molecule has 0 spiro atoms. The molecule has 12 heavy (non-hydrogen) atoms. The molecule has 1 fully saturated rings. The van der Waals surface area contributed by atoms with Crippen LogP contribution in [0.2, 0.25) is 0 Å². The third kappa shape index (κ3) is 1.59. The van der Waals surface area contributed by atoms with E-state index < -0.39 is 5.97 Å². The number of carboxylic acid groups (broad SMARTS) is 1. The van der Waals surface area contributed by atoms with Crippen LogP contribution < -0.4 is 0 Å². The minimum Gasteiger partial charge on any atom is -0.481 e. The zero-order chi connectivity index (χ0) is 9.52. The summed E-state index contributed by atoms with van der Waals surface area (Å²) in [6.07, 6.45) is 1.60. The van der Waals surface area contributed by atoms with Crippen molar-refractivity contribution in [3.63, 3.8) is 0 Å². The molecule has 1 saturated carbocycles. The van der Waals surface area contributed by atoms with E-state index in [1.165, 1.54) is 0 Å². The normalized spacial score (nSPS) is 31.0. The molecule has 2 nitrogen and oxygen atoms in total. The van der Waals surface area contributed by atoms with E-state index in [-0.39, 0.29) is 21.7 Å². The Morgan fingerprint density at radius 2 is 2.08 bits per heavy atom. The Morgan fingerprint density at radius 3 is 2.33 bits per heavy atom. The molecule has 0 aromatic heterocycles. The van der Waals surface area contributed by atoms with E-state index in [4.69, 9.17) is 28.3 Å². The lowest BCUT2D eigenvalue weighted by Gasteiger charge is -1.96. The molecule has 1 aliphatic rings. The largest absolute Gasteiger partial charge is 0.481 e. The maximum absolute atomic E-state index is 10.7. The number of rotatable bonds is 2. The summed E-state index contributed by atoms with van der Waals surface area (Å²) in [4.78, 5) is 10.7. The van der Waals surface area contributed by atoms with Gasteiger partial charge in [-0.25, -0.2) is 0 Å². The Morgan fingerprint density at radius 1 is 1.58 bits per heavy atom. The van der Waals surface area contributed by atoms with E-state index in [0.29, 0.717) is 0 Å².